The predicted octanol–water partition coefficient (Wildman–Crippen LogP) is 3.16. The number of rotatable bonds is 2. The Bertz CT molecular complexity index is 631. The SMILES string of the molecule is O=C1c2ccccc2C(=S)N1Cc1ccc(F)cc1. The summed E-state index contributed by atoms with van der Waals surface area (Å²) in [6.07, 6.45) is 0. The fraction of sp³-hybridized carbons (Fsp3) is 0.0667. The van der Waals surface area contributed by atoms with Crippen molar-refractivity contribution in [3.05, 3.63) is 71.0 Å². The Morgan fingerprint density at radius 3 is 2.26 bits per heavy atom. The van der Waals surface area contributed by atoms with E-state index in [9.17, 15) is 9.18 Å². The highest BCUT2D eigenvalue weighted by Crippen LogP contribution is 2.25. The standard InChI is InChI=1S/C15H10FNOS/c16-11-7-5-10(6-8-11)9-17-14(18)12-3-1-2-4-13(12)15(17)19/h1-8H,9H2. The Labute approximate surface area is 115 Å². The van der Waals surface area contributed by atoms with Gasteiger partial charge in [-0.3, -0.25) is 9.69 Å². The Hall–Kier alpha value is -2.07. The van der Waals surface area contributed by atoms with Crippen molar-refractivity contribution in [3.8, 4) is 0 Å². The average molecular weight is 271 g/mol. The molecule has 1 aliphatic rings. The van der Waals surface area contributed by atoms with Gasteiger partial charge in [-0.25, -0.2) is 4.39 Å². The Kier molecular flexibility index (Phi) is 2.87. The summed E-state index contributed by atoms with van der Waals surface area (Å²) >= 11 is 5.33. The third-order valence-corrected chi connectivity index (χ3v) is 3.57. The maximum atomic E-state index is 12.9. The van der Waals surface area contributed by atoms with E-state index < -0.39 is 0 Å². The van der Waals surface area contributed by atoms with Crippen molar-refractivity contribution < 1.29 is 9.18 Å². The van der Waals surface area contributed by atoms with E-state index in [0.717, 1.165) is 11.1 Å². The number of benzene rings is 2. The van der Waals surface area contributed by atoms with Crippen LogP contribution in [0.25, 0.3) is 0 Å². The largest absolute Gasteiger partial charge is 0.294 e. The van der Waals surface area contributed by atoms with Crippen LogP contribution in [0, 0.1) is 5.82 Å². The first-order valence-corrected chi connectivity index (χ1v) is 6.27. The van der Waals surface area contributed by atoms with Gasteiger partial charge in [0.1, 0.15) is 10.8 Å². The molecule has 2 aromatic carbocycles. The van der Waals surface area contributed by atoms with Crippen LogP contribution in [0.15, 0.2) is 48.5 Å². The van der Waals surface area contributed by atoms with Crippen LogP contribution in [0.2, 0.25) is 0 Å². The Balaban J connectivity index is 1.90. The lowest BCUT2D eigenvalue weighted by atomic mass is 10.1. The van der Waals surface area contributed by atoms with Gasteiger partial charge in [-0.15, -0.1) is 0 Å². The second-order valence-corrected chi connectivity index (χ2v) is 4.76. The molecule has 2 nitrogen and oxygen atoms in total. The summed E-state index contributed by atoms with van der Waals surface area (Å²) < 4.78 is 12.9. The van der Waals surface area contributed by atoms with Crippen LogP contribution in [-0.2, 0) is 6.54 Å². The van der Waals surface area contributed by atoms with Crippen LogP contribution in [0.4, 0.5) is 4.39 Å². The van der Waals surface area contributed by atoms with Crippen LogP contribution in [0.1, 0.15) is 21.5 Å². The van der Waals surface area contributed by atoms with Crippen molar-refractivity contribution in [2.24, 2.45) is 0 Å². The minimum Gasteiger partial charge on any atom is -0.294 e. The molecule has 1 aliphatic heterocycles. The molecule has 3 rings (SSSR count). The maximum Gasteiger partial charge on any atom is 0.259 e. The van der Waals surface area contributed by atoms with E-state index >= 15 is 0 Å². The van der Waals surface area contributed by atoms with Crippen molar-refractivity contribution >= 4 is 23.1 Å². The zero-order valence-electron chi connectivity index (χ0n) is 9.97. The molecule has 0 bridgehead atoms. The fourth-order valence-corrected chi connectivity index (χ4v) is 2.48. The molecule has 0 aliphatic carbocycles. The molecule has 0 spiro atoms. The summed E-state index contributed by atoms with van der Waals surface area (Å²) in [5, 5.41) is 0. The molecule has 1 amide bonds. The van der Waals surface area contributed by atoms with E-state index in [-0.39, 0.29) is 11.7 Å². The molecule has 0 unspecified atom stereocenters. The quantitative estimate of drug-likeness (QED) is 0.782. The molecule has 1 heterocycles. The number of hydrogen-bond acceptors (Lipinski definition) is 2. The minimum atomic E-state index is -0.289. The predicted molar refractivity (Wildman–Crippen MR) is 74.4 cm³/mol. The van der Waals surface area contributed by atoms with Crippen LogP contribution in [-0.4, -0.2) is 15.8 Å². The minimum absolute atomic E-state index is 0.0927. The molecule has 0 aromatic heterocycles. The number of carbonyl (C=O) groups is 1. The number of thiocarbonyl (C=S) groups is 1. The number of halogens is 1. The number of hydrogen-bond donors (Lipinski definition) is 0. The second kappa shape index (κ2) is 4.55. The smallest absolute Gasteiger partial charge is 0.259 e. The van der Waals surface area contributed by atoms with Gasteiger partial charge in [0.25, 0.3) is 5.91 Å². The van der Waals surface area contributed by atoms with Gasteiger partial charge < -0.3 is 0 Å². The fourth-order valence-electron chi connectivity index (χ4n) is 2.16. The summed E-state index contributed by atoms with van der Waals surface area (Å²) in [6, 6.07) is 13.4. The first-order chi connectivity index (χ1) is 9.16. The second-order valence-electron chi connectivity index (χ2n) is 4.37. The van der Waals surface area contributed by atoms with Gasteiger partial charge in [-0.2, -0.15) is 0 Å². The molecule has 0 N–H and O–H groups in total. The molecule has 0 saturated heterocycles. The maximum absolute atomic E-state index is 12.9. The van der Waals surface area contributed by atoms with E-state index in [1.807, 2.05) is 18.2 Å². The van der Waals surface area contributed by atoms with Gasteiger partial charge in [0.15, 0.2) is 0 Å². The third-order valence-electron chi connectivity index (χ3n) is 3.13. The van der Waals surface area contributed by atoms with Crippen molar-refractivity contribution in [2.75, 3.05) is 0 Å². The molecule has 19 heavy (non-hydrogen) atoms. The van der Waals surface area contributed by atoms with E-state index in [0.29, 0.717) is 17.1 Å². The normalized spacial score (nSPS) is 13.8. The molecule has 4 heteroatoms. The number of carbonyl (C=O) groups excluding carboxylic acids is 1. The van der Waals surface area contributed by atoms with Crippen molar-refractivity contribution in [3.63, 3.8) is 0 Å². The highest BCUT2D eigenvalue weighted by Gasteiger charge is 2.31. The van der Waals surface area contributed by atoms with Gasteiger partial charge in [-0.05, 0) is 23.8 Å². The van der Waals surface area contributed by atoms with Crippen molar-refractivity contribution in [2.45, 2.75) is 6.54 Å². The van der Waals surface area contributed by atoms with Gasteiger partial charge in [0.05, 0.1) is 12.1 Å². The van der Waals surface area contributed by atoms with Crippen molar-refractivity contribution in [1.82, 2.24) is 4.90 Å². The van der Waals surface area contributed by atoms with Crippen LogP contribution < -0.4 is 0 Å². The van der Waals surface area contributed by atoms with E-state index in [1.54, 1.807) is 23.1 Å². The lowest BCUT2D eigenvalue weighted by Gasteiger charge is -2.15. The lowest BCUT2D eigenvalue weighted by molar-refractivity contribution is 0.0855. The highest BCUT2D eigenvalue weighted by molar-refractivity contribution is 7.80. The number of amides is 1. The van der Waals surface area contributed by atoms with Gasteiger partial charge in [-0.1, -0.05) is 42.5 Å². The zero-order chi connectivity index (χ0) is 13.4. The summed E-state index contributed by atoms with van der Waals surface area (Å²) in [7, 11) is 0. The summed E-state index contributed by atoms with van der Waals surface area (Å²) in [4.78, 5) is 14.3. The van der Waals surface area contributed by atoms with Gasteiger partial charge in [0, 0.05) is 5.56 Å². The molecule has 0 fully saturated rings. The van der Waals surface area contributed by atoms with E-state index in [4.69, 9.17) is 12.2 Å². The molecule has 2 aromatic rings. The van der Waals surface area contributed by atoms with E-state index in [1.165, 1.54) is 12.1 Å². The summed E-state index contributed by atoms with van der Waals surface area (Å²) in [5.74, 6) is -0.382. The van der Waals surface area contributed by atoms with Crippen LogP contribution in [0.5, 0.6) is 0 Å². The highest BCUT2D eigenvalue weighted by atomic mass is 32.1. The van der Waals surface area contributed by atoms with E-state index in [2.05, 4.69) is 0 Å². The Morgan fingerprint density at radius 1 is 1.00 bits per heavy atom. The van der Waals surface area contributed by atoms with Crippen LogP contribution >= 0.6 is 12.2 Å². The monoisotopic (exact) mass is 271 g/mol. The molecule has 94 valence electrons. The van der Waals surface area contributed by atoms with Crippen molar-refractivity contribution in [1.29, 1.82) is 0 Å². The first kappa shape index (κ1) is 12.0. The molecule has 0 atom stereocenters. The zero-order valence-corrected chi connectivity index (χ0v) is 10.8. The number of fused-ring (bicyclic) bond motifs is 1. The third kappa shape index (κ3) is 2.04. The summed E-state index contributed by atoms with van der Waals surface area (Å²) in [6.45, 7) is 0.368. The summed E-state index contributed by atoms with van der Waals surface area (Å²) in [5.41, 5.74) is 2.28. The topological polar surface area (TPSA) is 20.3 Å². The lowest BCUT2D eigenvalue weighted by Crippen LogP contribution is -2.28. The number of nitrogens with zero attached hydrogens (tertiary/aromatic N) is 1. The van der Waals surface area contributed by atoms with Crippen LogP contribution in [0.3, 0.4) is 0 Å². The molecular weight excluding hydrogens is 261 g/mol. The molecular formula is C15H10FNOS. The van der Waals surface area contributed by atoms with Gasteiger partial charge >= 0.3 is 0 Å². The molecule has 0 saturated carbocycles. The first-order valence-electron chi connectivity index (χ1n) is 5.86. The average Bonchev–Trinajstić information content (AvgIpc) is 2.67. The molecule has 0 radical (unpaired) electrons. The Morgan fingerprint density at radius 2 is 1.63 bits per heavy atom. The van der Waals surface area contributed by atoms with Gasteiger partial charge in [0.2, 0.25) is 0 Å².